The number of amides is 2. The molecule has 2 amide bonds. The Balaban J connectivity index is 1.40. The smallest absolute Gasteiger partial charge is 0.290 e. The second-order valence-corrected chi connectivity index (χ2v) is 7.46. The van der Waals surface area contributed by atoms with Gasteiger partial charge in [-0.05, 0) is 51.2 Å². The van der Waals surface area contributed by atoms with Crippen LogP contribution in [0.15, 0.2) is 22.8 Å². The Bertz CT molecular complexity index is 638. The maximum Gasteiger partial charge on any atom is 0.290 e. The van der Waals surface area contributed by atoms with E-state index in [0.29, 0.717) is 18.7 Å². The molecular weight excluding hydrogens is 320 g/mol. The number of nitrogens with zero attached hydrogens (tertiary/aromatic N) is 1. The highest BCUT2D eigenvalue weighted by Gasteiger charge is 2.59. The minimum absolute atomic E-state index is 0.0244. The molecule has 3 atom stereocenters. The summed E-state index contributed by atoms with van der Waals surface area (Å²) in [5.74, 6) is 0.0839. The highest BCUT2D eigenvalue weighted by atomic mass is 16.5. The first kappa shape index (κ1) is 16.6. The van der Waals surface area contributed by atoms with E-state index in [2.05, 4.69) is 5.32 Å². The maximum absolute atomic E-state index is 12.8. The van der Waals surface area contributed by atoms with E-state index in [1.165, 1.54) is 12.7 Å². The molecule has 1 saturated heterocycles. The first-order valence-corrected chi connectivity index (χ1v) is 9.42. The number of furan rings is 1. The third kappa shape index (κ3) is 2.67. The first-order chi connectivity index (χ1) is 12.2. The van der Waals surface area contributed by atoms with Gasteiger partial charge in [0.1, 0.15) is 6.04 Å². The fourth-order valence-corrected chi connectivity index (χ4v) is 4.73. The molecule has 2 heterocycles. The van der Waals surface area contributed by atoms with Crippen molar-refractivity contribution in [3.05, 3.63) is 24.2 Å². The van der Waals surface area contributed by atoms with E-state index in [4.69, 9.17) is 9.15 Å². The van der Waals surface area contributed by atoms with Crippen molar-refractivity contribution in [3.63, 3.8) is 0 Å². The molecule has 1 N–H and O–H groups in total. The van der Waals surface area contributed by atoms with Gasteiger partial charge in [-0.2, -0.15) is 0 Å². The molecule has 0 radical (unpaired) electrons. The number of nitrogens with one attached hydrogen (secondary N) is 1. The van der Waals surface area contributed by atoms with Crippen LogP contribution in [0.3, 0.4) is 0 Å². The fourth-order valence-electron chi connectivity index (χ4n) is 4.73. The van der Waals surface area contributed by atoms with Gasteiger partial charge in [0.15, 0.2) is 5.76 Å². The Kier molecular flexibility index (Phi) is 4.31. The zero-order chi connectivity index (χ0) is 17.4. The molecule has 1 aromatic heterocycles. The van der Waals surface area contributed by atoms with E-state index in [0.717, 1.165) is 32.3 Å². The van der Waals surface area contributed by atoms with Gasteiger partial charge in [-0.3, -0.25) is 9.59 Å². The number of likely N-dealkylation sites (tertiary alicyclic amines) is 1. The molecular formula is C19H26N2O4. The Hall–Kier alpha value is -1.82. The fraction of sp³-hybridized carbons (Fsp3) is 0.684. The number of rotatable bonds is 5. The molecule has 3 fully saturated rings. The largest absolute Gasteiger partial charge is 0.459 e. The number of carbonyl (C=O) groups excluding carboxylic acids is 2. The lowest BCUT2D eigenvalue weighted by Crippen LogP contribution is -2.68. The number of hydrogen-bond acceptors (Lipinski definition) is 4. The van der Waals surface area contributed by atoms with Gasteiger partial charge in [-0.15, -0.1) is 0 Å². The van der Waals surface area contributed by atoms with Crippen molar-refractivity contribution in [2.45, 2.75) is 63.6 Å². The van der Waals surface area contributed by atoms with E-state index < -0.39 is 0 Å². The van der Waals surface area contributed by atoms with Crippen molar-refractivity contribution < 1.29 is 18.7 Å². The predicted octanol–water partition coefficient (Wildman–Crippen LogP) is 2.35. The Morgan fingerprint density at radius 2 is 2.24 bits per heavy atom. The molecule has 0 aromatic carbocycles. The summed E-state index contributed by atoms with van der Waals surface area (Å²) in [6.45, 7) is 3.35. The average Bonchev–Trinajstić information content (AvgIpc) is 3.22. The first-order valence-electron chi connectivity index (χ1n) is 9.42. The summed E-state index contributed by atoms with van der Waals surface area (Å²) >= 11 is 0. The number of ether oxygens (including phenoxy) is 1. The van der Waals surface area contributed by atoms with Crippen LogP contribution in [0.25, 0.3) is 0 Å². The van der Waals surface area contributed by atoms with Crippen LogP contribution in [0.1, 0.15) is 56.0 Å². The van der Waals surface area contributed by atoms with Crippen molar-refractivity contribution in [2.24, 2.45) is 5.41 Å². The van der Waals surface area contributed by atoms with Gasteiger partial charge in [0.25, 0.3) is 5.91 Å². The minimum atomic E-state index is -0.388. The molecule has 25 heavy (non-hydrogen) atoms. The van der Waals surface area contributed by atoms with Gasteiger partial charge in [0.2, 0.25) is 5.91 Å². The minimum Gasteiger partial charge on any atom is -0.459 e. The predicted molar refractivity (Wildman–Crippen MR) is 91.0 cm³/mol. The third-order valence-electron chi connectivity index (χ3n) is 6.30. The summed E-state index contributed by atoms with van der Waals surface area (Å²) in [6, 6.07) is 3.14. The molecule has 1 aromatic rings. The lowest BCUT2D eigenvalue weighted by Gasteiger charge is -2.61. The van der Waals surface area contributed by atoms with E-state index in [1.807, 2.05) is 6.92 Å². The van der Waals surface area contributed by atoms with Crippen LogP contribution < -0.4 is 5.32 Å². The summed E-state index contributed by atoms with van der Waals surface area (Å²) in [6.07, 6.45) is 7.68. The Morgan fingerprint density at radius 1 is 1.40 bits per heavy atom. The van der Waals surface area contributed by atoms with Crippen molar-refractivity contribution in [1.29, 1.82) is 0 Å². The van der Waals surface area contributed by atoms with E-state index in [9.17, 15) is 9.59 Å². The normalized spacial score (nSPS) is 30.0. The van der Waals surface area contributed by atoms with Gasteiger partial charge in [-0.1, -0.05) is 6.42 Å². The number of carbonyl (C=O) groups is 2. The summed E-state index contributed by atoms with van der Waals surface area (Å²) < 4.78 is 11.1. The van der Waals surface area contributed by atoms with Crippen LogP contribution in [0.4, 0.5) is 0 Å². The second-order valence-electron chi connectivity index (χ2n) is 7.46. The van der Waals surface area contributed by atoms with Crippen molar-refractivity contribution in [2.75, 3.05) is 13.2 Å². The highest BCUT2D eigenvalue weighted by molar-refractivity contribution is 5.96. The second kappa shape index (κ2) is 6.48. The van der Waals surface area contributed by atoms with E-state index in [1.54, 1.807) is 17.0 Å². The lowest BCUT2D eigenvalue weighted by molar-refractivity contribution is -0.176. The van der Waals surface area contributed by atoms with Gasteiger partial charge in [0.05, 0.1) is 12.4 Å². The van der Waals surface area contributed by atoms with Crippen LogP contribution in [0.5, 0.6) is 0 Å². The Labute approximate surface area is 147 Å². The van der Waals surface area contributed by atoms with Crippen LogP contribution >= 0.6 is 0 Å². The zero-order valence-corrected chi connectivity index (χ0v) is 14.7. The van der Waals surface area contributed by atoms with Crippen LogP contribution in [-0.4, -0.2) is 48.1 Å². The molecule has 2 saturated carbocycles. The highest BCUT2D eigenvalue weighted by Crippen LogP contribution is 2.57. The zero-order valence-electron chi connectivity index (χ0n) is 14.7. The average molecular weight is 346 g/mol. The molecule has 136 valence electrons. The van der Waals surface area contributed by atoms with Crippen LogP contribution in [0, 0.1) is 5.41 Å². The number of hydrogen-bond donors (Lipinski definition) is 1. The molecule has 1 spiro atoms. The van der Waals surface area contributed by atoms with Gasteiger partial charge in [0, 0.05) is 24.6 Å². The van der Waals surface area contributed by atoms with Crippen LogP contribution in [0.2, 0.25) is 0 Å². The van der Waals surface area contributed by atoms with E-state index in [-0.39, 0.29) is 35.4 Å². The lowest BCUT2D eigenvalue weighted by atomic mass is 9.51. The summed E-state index contributed by atoms with van der Waals surface area (Å²) in [5.41, 5.74) is 0.139. The van der Waals surface area contributed by atoms with Gasteiger partial charge in [-0.25, -0.2) is 0 Å². The Morgan fingerprint density at radius 3 is 2.88 bits per heavy atom. The van der Waals surface area contributed by atoms with E-state index >= 15 is 0 Å². The molecule has 6 nitrogen and oxygen atoms in total. The van der Waals surface area contributed by atoms with Gasteiger partial charge >= 0.3 is 0 Å². The summed E-state index contributed by atoms with van der Waals surface area (Å²) in [4.78, 5) is 27.1. The third-order valence-corrected chi connectivity index (χ3v) is 6.30. The van der Waals surface area contributed by atoms with Gasteiger partial charge < -0.3 is 19.4 Å². The molecule has 4 rings (SSSR count). The summed E-state index contributed by atoms with van der Waals surface area (Å²) in [7, 11) is 0. The monoisotopic (exact) mass is 346 g/mol. The van der Waals surface area contributed by atoms with Crippen molar-refractivity contribution in [1.82, 2.24) is 10.2 Å². The molecule has 2 aliphatic carbocycles. The maximum atomic E-state index is 12.8. The topological polar surface area (TPSA) is 71.8 Å². The molecule has 0 unspecified atom stereocenters. The SMILES string of the molecule is CCO[C@H]1C[C@@H](NC(=O)[C@@H]2CCCN2C(=O)c2ccco2)C12CCC2. The summed E-state index contributed by atoms with van der Waals surface area (Å²) in [5, 5.41) is 3.23. The van der Waals surface area contributed by atoms with Crippen molar-refractivity contribution >= 4 is 11.8 Å². The molecule has 3 aliphatic rings. The molecule has 1 aliphatic heterocycles. The van der Waals surface area contributed by atoms with Crippen molar-refractivity contribution in [3.8, 4) is 0 Å². The van der Waals surface area contributed by atoms with Crippen LogP contribution in [-0.2, 0) is 9.53 Å². The molecule has 6 heteroatoms. The molecule has 0 bridgehead atoms. The quantitative estimate of drug-likeness (QED) is 0.888. The standard InChI is InChI=1S/C19H26N2O4/c1-2-24-16-12-15(19(16)8-5-9-19)20-17(22)13-6-3-10-21(13)18(23)14-7-4-11-25-14/h4,7,11,13,15-16H,2-3,5-6,8-10,12H2,1H3,(H,20,22)/t13-,15+,16-/m0/s1.